The largest absolute Gasteiger partial charge is 0.311 e. The van der Waals surface area contributed by atoms with Crippen molar-refractivity contribution in [3.8, 4) is 11.3 Å². The number of hydrogen-bond acceptors (Lipinski definition) is 3. The molecule has 1 fully saturated rings. The number of aromatic amines is 1. The van der Waals surface area contributed by atoms with Gasteiger partial charge in [-0.3, -0.25) is 5.10 Å². The molecule has 0 aliphatic carbocycles. The lowest BCUT2D eigenvalue weighted by atomic mass is 10.0. The van der Waals surface area contributed by atoms with Crippen LogP contribution in [-0.2, 0) is 6.54 Å². The summed E-state index contributed by atoms with van der Waals surface area (Å²) < 4.78 is 0. The van der Waals surface area contributed by atoms with Crippen LogP contribution in [-0.4, -0.2) is 41.3 Å². The zero-order valence-electron chi connectivity index (χ0n) is 13.7. The van der Waals surface area contributed by atoms with Gasteiger partial charge in [-0.1, -0.05) is 12.1 Å². The van der Waals surface area contributed by atoms with Gasteiger partial charge in [0.25, 0.3) is 0 Å². The van der Waals surface area contributed by atoms with Gasteiger partial charge in [0.2, 0.25) is 0 Å². The molecule has 2 N–H and O–H groups in total. The summed E-state index contributed by atoms with van der Waals surface area (Å²) in [6.07, 6.45) is 4.66. The van der Waals surface area contributed by atoms with Crippen molar-refractivity contribution in [1.82, 2.24) is 20.4 Å². The third-order valence-corrected chi connectivity index (χ3v) is 4.63. The molecule has 0 unspecified atom stereocenters. The molecule has 2 aromatic rings. The first kappa shape index (κ1) is 15.3. The van der Waals surface area contributed by atoms with Crippen molar-refractivity contribution in [3.63, 3.8) is 0 Å². The summed E-state index contributed by atoms with van der Waals surface area (Å²) in [7, 11) is 0. The van der Waals surface area contributed by atoms with Crippen molar-refractivity contribution in [2.24, 2.45) is 0 Å². The molecule has 0 atom stereocenters. The fraction of sp³-hybridized carbons (Fsp3) is 0.500. The van der Waals surface area contributed by atoms with E-state index in [0.29, 0.717) is 0 Å². The molecule has 2 heterocycles. The molecule has 3 rings (SSSR count). The standard InChI is InChI=1S/C18H26N4/c1-14-5-6-16(11-15(14)2)18-17(13-20-21-18)12-19-7-10-22-8-3-4-9-22/h5-6,11,13,19H,3-4,7-10,12H2,1-2H3,(H,20,21). The van der Waals surface area contributed by atoms with E-state index in [-0.39, 0.29) is 0 Å². The Morgan fingerprint density at radius 3 is 2.77 bits per heavy atom. The number of H-pyrrole nitrogens is 1. The highest BCUT2D eigenvalue weighted by Gasteiger charge is 2.11. The summed E-state index contributed by atoms with van der Waals surface area (Å²) in [5.41, 5.74) is 6.24. The Labute approximate surface area is 132 Å². The van der Waals surface area contributed by atoms with Crippen LogP contribution in [0.1, 0.15) is 29.5 Å². The summed E-state index contributed by atoms with van der Waals surface area (Å²) >= 11 is 0. The lowest BCUT2D eigenvalue weighted by molar-refractivity contribution is 0.335. The lowest BCUT2D eigenvalue weighted by Crippen LogP contribution is -2.29. The summed E-state index contributed by atoms with van der Waals surface area (Å²) in [6.45, 7) is 9.89. The zero-order valence-corrected chi connectivity index (χ0v) is 13.7. The predicted molar refractivity (Wildman–Crippen MR) is 90.9 cm³/mol. The van der Waals surface area contributed by atoms with E-state index >= 15 is 0 Å². The van der Waals surface area contributed by atoms with Crippen LogP contribution in [0.25, 0.3) is 11.3 Å². The number of benzene rings is 1. The van der Waals surface area contributed by atoms with Crippen molar-refractivity contribution in [2.75, 3.05) is 26.2 Å². The van der Waals surface area contributed by atoms with E-state index in [1.165, 1.54) is 48.2 Å². The van der Waals surface area contributed by atoms with E-state index in [4.69, 9.17) is 0 Å². The Hall–Kier alpha value is -1.65. The Bertz CT molecular complexity index is 611. The number of rotatable bonds is 6. The van der Waals surface area contributed by atoms with Crippen LogP contribution in [0.5, 0.6) is 0 Å². The van der Waals surface area contributed by atoms with Crippen LogP contribution in [0, 0.1) is 13.8 Å². The Balaban J connectivity index is 1.58. The van der Waals surface area contributed by atoms with Crippen LogP contribution in [0.15, 0.2) is 24.4 Å². The predicted octanol–water partition coefficient (Wildman–Crippen LogP) is 2.88. The fourth-order valence-corrected chi connectivity index (χ4v) is 3.06. The van der Waals surface area contributed by atoms with Gasteiger partial charge in [0.05, 0.1) is 11.9 Å². The van der Waals surface area contributed by atoms with Gasteiger partial charge in [0.1, 0.15) is 0 Å². The van der Waals surface area contributed by atoms with Gasteiger partial charge < -0.3 is 10.2 Å². The minimum absolute atomic E-state index is 0.868. The maximum absolute atomic E-state index is 4.23. The Morgan fingerprint density at radius 1 is 1.18 bits per heavy atom. The molecular weight excluding hydrogens is 272 g/mol. The van der Waals surface area contributed by atoms with E-state index in [1.807, 2.05) is 6.20 Å². The number of likely N-dealkylation sites (tertiary alicyclic amines) is 1. The van der Waals surface area contributed by atoms with Crippen LogP contribution in [0.2, 0.25) is 0 Å². The lowest BCUT2D eigenvalue weighted by Gasteiger charge is -2.14. The first-order valence-corrected chi connectivity index (χ1v) is 8.27. The second kappa shape index (κ2) is 7.07. The third-order valence-electron chi connectivity index (χ3n) is 4.63. The van der Waals surface area contributed by atoms with Crippen LogP contribution in [0.4, 0.5) is 0 Å². The molecular formula is C18H26N4. The average Bonchev–Trinajstić information content (AvgIpc) is 3.18. The molecule has 4 nitrogen and oxygen atoms in total. The molecule has 1 aliphatic rings. The van der Waals surface area contributed by atoms with E-state index in [1.54, 1.807) is 0 Å². The van der Waals surface area contributed by atoms with E-state index < -0.39 is 0 Å². The maximum atomic E-state index is 4.23. The monoisotopic (exact) mass is 298 g/mol. The molecule has 22 heavy (non-hydrogen) atoms. The Kier molecular flexibility index (Phi) is 4.90. The molecule has 0 bridgehead atoms. The van der Waals surface area contributed by atoms with E-state index in [2.05, 4.69) is 52.5 Å². The van der Waals surface area contributed by atoms with Crippen LogP contribution < -0.4 is 5.32 Å². The highest BCUT2D eigenvalue weighted by molar-refractivity contribution is 5.64. The Morgan fingerprint density at radius 2 is 2.00 bits per heavy atom. The van der Waals surface area contributed by atoms with E-state index in [0.717, 1.165) is 25.3 Å². The molecule has 0 radical (unpaired) electrons. The highest BCUT2D eigenvalue weighted by atomic mass is 15.2. The van der Waals surface area contributed by atoms with Gasteiger partial charge in [-0.15, -0.1) is 0 Å². The summed E-state index contributed by atoms with van der Waals surface area (Å²) in [4.78, 5) is 2.53. The maximum Gasteiger partial charge on any atom is 0.0695 e. The first-order chi connectivity index (χ1) is 10.7. The molecule has 1 saturated heterocycles. The molecule has 0 saturated carbocycles. The van der Waals surface area contributed by atoms with Gasteiger partial charge in [-0.25, -0.2) is 0 Å². The molecule has 0 amide bonds. The summed E-state index contributed by atoms with van der Waals surface area (Å²) in [5.74, 6) is 0. The van der Waals surface area contributed by atoms with Gasteiger partial charge in [-0.2, -0.15) is 5.10 Å². The highest BCUT2D eigenvalue weighted by Crippen LogP contribution is 2.23. The molecule has 0 spiro atoms. The first-order valence-electron chi connectivity index (χ1n) is 8.27. The third kappa shape index (κ3) is 3.57. The topological polar surface area (TPSA) is 44.0 Å². The average molecular weight is 298 g/mol. The minimum Gasteiger partial charge on any atom is -0.311 e. The number of nitrogens with zero attached hydrogens (tertiary/aromatic N) is 2. The van der Waals surface area contributed by atoms with Crippen LogP contribution >= 0.6 is 0 Å². The van der Waals surface area contributed by atoms with Crippen molar-refractivity contribution in [1.29, 1.82) is 0 Å². The van der Waals surface area contributed by atoms with Crippen molar-refractivity contribution in [2.45, 2.75) is 33.2 Å². The fourth-order valence-electron chi connectivity index (χ4n) is 3.06. The number of hydrogen-bond donors (Lipinski definition) is 2. The second-order valence-corrected chi connectivity index (χ2v) is 6.29. The number of aromatic nitrogens is 2. The quantitative estimate of drug-likeness (QED) is 0.806. The van der Waals surface area contributed by atoms with Gasteiger partial charge in [0.15, 0.2) is 0 Å². The normalized spacial score (nSPS) is 15.5. The van der Waals surface area contributed by atoms with Crippen molar-refractivity contribution >= 4 is 0 Å². The summed E-state index contributed by atoms with van der Waals surface area (Å²) in [5, 5.41) is 10.9. The van der Waals surface area contributed by atoms with Crippen LogP contribution in [0.3, 0.4) is 0 Å². The SMILES string of the molecule is Cc1ccc(-c2[nH]ncc2CNCCN2CCCC2)cc1C. The van der Waals surface area contributed by atoms with Crippen molar-refractivity contribution < 1.29 is 0 Å². The van der Waals surface area contributed by atoms with Gasteiger partial charge in [0, 0.05) is 30.8 Å². The minimum atomic E-state index is 0.868. The molecule has 4 heteroatoms. The van der Waals surface area contributed by atoms with Gasteiger partial charge >= 0.3 is 0 Å². The smallest absolute Gasteiger partial charge is 0.0695 e. The molecule has 1 aromatic heterocycles. The van der Waals surface area contributed by atoms with Crippen molar-refractivity contribution in [3.05, 3.63) is 41.1 Å². The molecule has 118 valence electrons. The number of nitrogens with one attached hydrogen (secondary N) is 2. The van der Waals surface area contributed by atoms with Gasteiger partial charge in [-0.05, 0) is 57.0 Å². The molecule has 1 aromatic carbocycles. The van der Waals surface area contributed by atoms with E-state index in [9.17, 15) is 0 Å². The zero-order chi connectivity index (χ0) is 15.4. The summed E-state index contributed by atoms with van der Waals surface area (Å²) in [6, 6.07) is 6.58. The second-order valence-electron chi connectivity index (χ2n) is 6.29. The number of aryl methyl sites for hydroxylation is 2. The molecule has 1 aliphatic heterocycles.